The van der Waals surface area contributed by atoms with Crippen LogP contribution in [0.5, 0.6) is 0 Å². The van der Waals surface area contributed by atoms with Gasteiger partial charge in [0.15, 0.2) is 17.4 Å². The Labute approximate surface area is 114 Å². The first-order valence-corrected chi connectivity index (χ1v) is 5.96. The van der Waals surface area contributed by atoms with E-state index in [1.54, 1.807) is 20.8 Å². The van der Waals surface area contributed by atoms with Gasteiger partial charge in [-0.2, -0.15) is 0 Å². The number of halogens is 3. The molecule has 0 aromatic heterocycles. The maximum atomic E-state index is 13.0. The van der Waals surface area contributed by atoms with E-state index < -0.39 is 23.0 Å². The van der Waals surface area contributed by atoms with Crippen LogP contribution in [-0.4, -0.2) is 18.2 Å². The van der Waals surface area contributed by atoms with Crippen LogP contribution in [0.15, 0.2) is 12.1 Å². The first-order valence-electron chi connectivity index (χ1n) is 5.59. The predicted octanol–water partition coefficient (Wildman–Crippen LogP) is 2.96. The molecule has 1 N–H and O–H groups in total. The molecule has 0 atom stereocenters. The largest absolute Gasteiger partial charge is 0.345 e. The van der Waals surface area contributed by atoms with Crippen molar-refractivity contribution in [1.29, 1.82) is 0 Å². The lowest BCUT2D eigenvalue weighted by Gasteiger charge is -2.16. The average molecular weight is 290 g/mol. The third-order valence-corrected chi connectivity index (χ3v) is 2.81. The van der Waals surface area contributed by atoms with Gasteiger partial charge in [-0.25, -0.2) is 8.78 Å². The number of nitrogens with one attached hydrogen (secondary N) is 1. The second-order valence-corrected chi connectivity index (χ2v) is 5.51. The van der Waals surface area contributed by atoms with Crippen LogP contribution in [0.1, 0.15) is 31.1 Å². The van der Waals surface area contributed by atoms with E-state index in [2.05, 4.69) is 5.32 Å². The molecule has 0 bridgehead atoms. The predicted molar refractivity (Wildman–Crippen MR) is 68.2 cm³/mol. The lowest BCUT2D eigenvalue weighted by Crippen LogP contribution is -2.35. The van der Waals surface area contributed by atoms with E-state index in [0.717, 1.165) is 6.07 Å². The fraction of sp³-hybridized carbons (Fsp3) is 0.385. The summed E-state index contributed by atoms with van der Waals surface area (Å²) < 4.78 is 25.9. The molecule has 1 aromatic carbocycles. The third-order valence-electron chi connectivity index (χ3n) is 2.50. The van der Waals surface area contributed by atoms with Crippen LogP contribution in [0.4, 0.5) is 8.78 Å². The highest BCUT2D eigenvalue weighted by Gasteiger charge is 2.22. The zero-order valence-corrected chi connectivity index (χ0v) is 11.6. The van der Waals surface area contributed by atoms with Gasteiger partial charge in [0.2, 0.25) is 0 Å². The van der Waals surface area contributed by atoms with Crippen molar-refractivity contribution < 1.29 is 18.4 Å². The second-order valence-electron chi connectivity index (χ2n) is 5.10. The number of Topliss-reactive ketones (excluding diaryl/α,β-unsaturated/α-hetero) is 1. The molecular weight excluding hydrogens is 276 g/mol. The molecule has 0 aliphatic rings. The van der Waals surface area contributed by atoms with Gasteiger partial charge in [-0.1, -0.05) is 32.4 Å². The summed E-state index contributed by atoms with van der Waals surface area (Å²) in [5, 5.41) is 2.12. The van der Waals surface area contributed by atoms with Crippen LogP contribution in [0.2, 0.25) is 5.02 Å². The van der Waals surface area contributed by atoms with Gasteiger partial charge in [0.05, 0.1) is 17.1 Å². The highest BCUT2D eigenvalue weighted by Crippen LogP contribution is 2.20. The number of carbonyl (C=O) groups is 2. The molecule has 3 nitrogen and oxygen atoms in total. The maximum absolute atomic E-state index is 13.0. The normalized spacial score (nSPS) is 11.3. The van der Waals surface area contributed by atoms with Crippen LogP contribution in [0.25, 0.3) is 0 Å². The Bertz CT molecular complexity index is 524. The SMILES string of the molecule is CC(C)(C)C(=O)CNC(=O)c1cc(F)c(F)cc1Cl. The molecule has 104 valence electrons. The molecule has 0 aliphatic carbocycles. The minimum Gasteiger partial charge on any atom is -0.345 e. The van der Waals surface area contributed by atoms with Gasteiger partial charge in [0.1, 0.15) is 0 Å². The van der Waals surface area contributed by atoms with Gasteiger partial charge in [-0.3, -0.25) is 9.59 Å². The Hall–Kier alpha value is -1.49. The Morgan fingerprint density at radius 2 is 1.74 bits per heavy atom. The first kappa shape index (κ1) is 15.6. The average Bonchev–Trinajstić information content (AvgIpc) is 2.29. The quantitative estimate of drug-likeness (QED) is 0.870. The van der Waals surface area contributed by atoms with Crippen LogP contribution in [0.3, 0.4) is 0 Å². The summed E-state index contributed by atoms with van der Waals surface area (Å²) in [5.74, 6) is -3.20. The summed E-state index contributed by atoms with van der Waals surface area (Å²) in [6.45, 7) is 4.95. The van der Waals surface area contributed by atoms with Crippen molar-refractivity contribution in [3.8, 4) is 0 Å². The molecule has 0 radical (unpaired) electrons. The molecule has 19 heavy (non-hydrogen) atoms. The van der Waals surface area contributed by atoms with Crippen molar-refractivity contribution in [2.24, 2.45) is 5.41 Å². The number of amides is 1. The van der Waals surface area contributed by atoms with Gasteiger partial charge in [0, 0.05) is 5.41 Å². The molecule has 6 heteroatoms. The van der Waals surface area contributed by atoms with Crippen LogP contribution in [-0.2, 0) is 4.79 Å². The summed E-state index contributed by atoms with van der Waals surface area (Å²) in [6, 6.07) is 1.42. The number of rotatable bonds is 3. The lowest BCUT2D eigenvalue weighted by molar-refractivity contribution is -0.125. The van der Waals surface area contributed by atoms with Crippen molar-refractivity contribution in [3.05, 3.63) is 34.4 Å². The van der Waals surface area contributed by atoms with E-state index >= 15 is 0 Å². The highest BCUT2D eigenvalue weighted by molar-refractivity contribution is 6.33. The van der Waals surface area contributed by atoms with E-state index in [1.165, 1.54) is 0 Å². The van der Waals surface area contributed by atoms with Gasteiger partial charge in [-0.15, -0.1) is 0 Å². The van der Waals surface area contributed by atoms with Crippen molar-refractivity contribution in [2.75, 3.05) is 6.54 Å². The molecule has 1 amide bonds. The Morgan fingerprint density at radius 3 is 2.26 bits per heavy atom. The fourth-order valence-electron chi connectivity index (χ4n) is 1.22. The molecule has 0 fully saturated rings. The smallest absolute Gasteiger partial charge is 0.253 e. The zero-order valence-electron chi connectivity index (χ0n) is 10.8. The minimum absolute atomic E-state index is 0.181. The van der Waals surface area contributed by atoms with E-state index in [0.29, 0.717) is 6.07 Å². The topological polar surface area (TPSA) is 46.2 Å². The summed E-state index contributed by atoms with van der Waals surface area (Å²) >= 11 is 5.65. The van der Waals surface area contributed by atoms with E-state index in [1.807, 2.05) is 0 Å². The van der Waals surface area contributed by atoms with Gasteiger partial charge in [-0.05, 0) is 12.1 Å². The monoisotopic (exact) mass is 289 g/mol. The third kappa shape index (κ3) is 3.99. The molecule has 0 saturated carbocycles. The Balaban J connectivity index is 2.80. The van der Waals surface area contributed by atoms with Crippen molar-refractivity contribution >= 4 is 23.3 Å². The molecule has 0 spiro atoms. The molecular formula is C13H14ClF2NO2. The molecule has 1 rings (SSSR count). The summed E-state index contributed by atoms with van der Waals surface area (Å²) in [5.41, 5.74) is -0.798. The van der Waals surface area contributed by atoms with Crippen molar-refractivity contribution in [3.63, 3.8) is 0 Å². The Kier molecular flexibility index (Phi) is 4.63. The first-order chi connectivity index (χ1) is 8.62. The van der Waals surface area contributed by atoms with Gasteiger partial charge < -0.3 is 5.32 Å². The standard InChI is InChI=1S/C13H14ClF2NO2/c1-13(2,3)11(18)6-17-12(19)7-4-9(15)10(16)5-8(7)14/h4-5H,6H2,1-3H3,(H,17,19). The fourth-order valence-corrected chi connectivity index (χ4v) is 1.45. The number of hydrogen-bond acceptors (Lipinski definition) is 2. The van der Waals surface area contributed by atoms with E-state index in [-0.39, 0.29) is 22.9 Å². The van der Waals surface area contributed by atoms with Crippen LogP contribution >= 0.6 is 11.6 Å². The molecule has 0 unspecified atom stereocenters. The number of ketones is 1. The van der Waals surface area contributed by atoms with Crippen LogP contribution < -0.4 is 5.32 Å². The summed E-state index contributed by atoms with van der Waals surface area (Å²) in [4.78, 5) is 23.3. The van der Waals surface area contributed by atoms with Gasteiger partial charge >= 0.3 is 0 Å². The van der Waals surface area contributed by atoms with E-state index in [9.17, 15) is 18.4 Å². The Morgan fingerprint density at radius 1 is 1.21 bits per heavy atom. The molecule has 0 aliphatic heterocycles. The molecule has 1 aromatic rings. The minimum atomic E-state index is -1.17. The number of benzene rings is 1. The molecule has 0 saturated heterocycles. The van der Waals surface area contributed by atoms with E-state index in [4.69, 9.17) is 11.6 Å². The second kappa shape index (κ2) is 5.65. The van der Waals surface area contributed by atoms with Crippen molar-refractivity contribution in [2.45, 2.75) is 20.8 Å². The number of hydrogen-bond donors (Lipinski definition) is 1. The zero-order chi connectivity index (χ0) is 14.8. The summed E-state index contributed by atoms with van der Waals surface area (Å²) in [6.07, 6.45) is 0. The maximum Gasteiger partial charge on any atom is 0.253 e. The summed E-state index contributed by atoms with van der Waals surface area (Å²) in [7, 11) is 0. The lowest BCUT2D eigenvalue weighted by atomic mass is 9.91. The molecule has 0 heterocycles. The van der Waals surface area contributed by atoms with Crippen molar-refractivity contribution in [1.82, 2.24) is 5.32 Å². The highest BCUT2D eigenvalue weighted by atomic mass is 35.5. The van der Waals surface area contributed by atoms with Crippen LogP contribution in [0, 0.1) is 17.0 Å². The number of carbonyl (C=O) groups excluding carboxylic acids is 2. The van der Waals surface area contributed by atoms with Gasteiger partial charge in [0.25, 0.3) is 5.91 Å².